The summed E-state index contributed by atoms with van der Waals surface area (Å²) in [6.45, 7) is 7.01. The molecular formula is C14H19ClFN3O. The van der Waals surface area contributed by atoms with Gasteiger partial charge in [0.15, 0.2) is 0 Å². The van der Waals surface area contributed by atoms with Crippen molar-refractivity contribution < 1.29 is 9.18 Å². The van der Waals surface area contributed by atoms with E-state index in [9.17, 15) is 9.18 Å². The van der Waals surface area contributed by atoms with Crippen LogP contribution in [0, 0.1) is 5.82 Å². The van der Waals surface area contributed by atoms with Crippen molar-refractivity contribution >= 4 is 23.2 Å². The molecule has 1 saturated heterocycles. The third kappa shape index (κ3) is 3.69. The van der Waals surface area contributed by atoms with Gasteiger partial charge in [-0.05, 0) is 32.0 Å². The van der Waals surface area contributed by atoms with E-state index in [1.54, 1.807) is 0 Å². The second-order valence-corrected chi connectivity index (χ2v) is 5.99. The molecule has 1 amide bonds. The van der Waals surface area contributed by atoms with Crippen LogP contribution in [-0.4, -0.2) is 42.5 Å². The first kappa shape index (κ1) is 15.2. The van der Waals surface area contributed by atoms with Gasteiger partial charge in [0.25, 0.3) is 0 Å². The zero-order valence-corrected chi connectivity index (χ0v) is 12.4. The molecule has 1 aliphatic heterocycles. The average Bonchev–Trinajstić information content (AvgIpc) is 2.35. The molecule has 6 heteroatoms. The van der Waals surface area contributed by atoms with E-state index in [-0.39, 0.29) is 16.5 Å². The minimum absolute atomic E-state index is 0.0673. The van der Waals surface area contributed by atoms with Crippen molar-refractivity contribution in [2.24, 2.45) is 0 Å². The molecule has 2 rings (SSSR count). The summed E-state index contributed by atoms with van der Waals surface area (Å²) in [5.74, 6) is -0.565. The number of hydrogen-bond donors (Lipinski definition) is 2. The molecule has 1 fully saturated rings. The molecule has 0 atom stereocenters. The van der Waals surface area contributed by atoms with Crippen LogP contribution in [0.4, 0.5) is 10.1 Å². The number of rotatable bonds is 3. The van der Waals surface area contributed by atoms with Crippen LogP contribution in [0.2, 0.25) is 5.02 Å². The van der Waals surface area contributed by atoms with Gasteiger partial charge in [0.2, 0.25) is 5.91 Å². The number of amides is 1. The van der Waals surface area contributed by atoms with Gasteiger partial charge < -0.3 is 10.6 Å². The van der Waals surface area contributed by atoms with Gasteiger partial charge in [-0.1, -0.05) is 11.6 Å². The Bertz CT molecular complexity index is 507. The van der Waals surface area contributed by atoms with Gasteiger partial charge in [-0.2, -0.15) is 0 Å². The lowest BCUT2D eigenvalue weighted by Crippen LogP contribution is -2.59. The first-order valence-electron chi connectivity index (χ1n) is 6.59. The summed E-state index contributed by atoms with van der Waals surface area (Å²) < 4.78 is 12.9. The van der Waals surface area contributed by atoms with E-state index in [0.29, 0.717) is 12.2 Å². The fourth-order valence-corrected chi connectivity index (χ4v) is 2.48. The molecule has 4 nitrogen and oxygen atoms in total. The molecule has 0 aliphatic carbocycles. The quantitative estimate of drug-likeness (QED) is 0.898. The molecule has 110 valence electrons. The minimum Gasteiger partial charge on any atom is -0.324 e. The van der Waals surface area contributed by atoms with Gasteiger partial charge in [0.05, 0.1) is 17.3 Å². The van der Waals surface area contributed by atoms with Crippen molar-refractivity contribution in [2.75, 3.05) is 31.5 Å². The van der Waals surface area contributed by atoms with Crippen LogP contribution >= 0.6 is 11.6 Å². The highest BCUT2D eigenvalue weighted by atomic mass is 35.5. The predicted molar refractivity (Wildman–Crippen MR) is 78.6 cm³/mol. The Morgan fingerprint density at radius 3 is 2.95 bits per heavy atom. The van der Waals surface area contributed by atoms with E-state index in [4.69, 9.17) is 11.6 Å². The summed E-state index contributed by atoms with van der Waals surface area (Å²) in [6.07, 6.45) is 0. The van der Waals surface area contributed by atoms with Crippen LogP contribution in [0.25, 0.3) is 0 Å². The van der Waals surface area contributed by atoms with E-state index >= 15 is 0 Å². The van der Waals surface area contributed by atoms with Gasteiger partial charge in [0, 0.05) is 25.2 Å². The molecular weight excluding hydrogens is 281 g/mol. The maximum absolute atomic E-state index is 12.9. The fourth-order valence-electron chi connectivity index (χ4n) is 2.27. The number of anilines is 1. The standard InChI is InChI=1S/C14H19ClFN3O/c1-14(2)9-17-5-6-19(14)8-13(20)18-12-4-3-10(16)7-11(12)15/h3-4,7,17H,5-6,8-9H2,1-2H3,(H,18,20). The van der Waals surface area contributed by atoms with Crippen LogP contribution in [0.1, 0.15) is 13.8 Å². The maximum atomic E-state index is 12.9. The normalized spacial score (nSPS) is 18.8. The SMILES string of the molecule is CC1(C)CNCCN1CC(=O)Nc1ccc(F)cc1Cl. The van der Waals surface area contributed by atoms with Crippen molar-refractivity contribution in [3.63, 3.8) is 0 Å². The molecule has 20 heavy (non-hydrogen) atoms. The Morgan fingerprint density at radius 1 is 1.55 bits per heavy atom. The van der Waals surface area contributed by atoms with Gasteiger partial charge in [-0.25, -0.2) is 4.39 Å². The number of carbonyl (C=O) groups excluding carboxylic acids is 1. The molecule has 0 unspecified atom stereocenters. The zero-order chi connectivity index (χ0) is 14.8. The van der Waals surface area contributed by atoms with Crippen LogP contribution in [0.5, 0.6) is 0 Å². The van der Waals surface area contributed by atoms with E-state index in [1.165, 1.54) is 18.2 Å². The lowest BCUT2D eigenvalue weighted by Gasteiger charge is -2.42. The smallest absolute Gasteiger partial charge is 0.238 e. The molecule has 1 aromatic carbocycles. The molecule has 0 saturated carbocycles. The first-order valence-corrected chi connectivity index (χ1v) is 6.97. The highest BCUT2D eigenvalue weighted by Crippen LogP contribution is 2.23. The number of nitrogens with zero attached hydrogens (tertiary/aromatic N) is 1. The number of hydrogen-bond acceptors (Lipinski definition) is 3. The lowest BCUT2D eigenvalue weighted by atomic mass is 10.0. The summed E-state index contributed by atoms with van der Waals surface area (Å²) >= 11 is 5.89. The molecule has 0 spiro atoms. The zero-order valence-electron chi connectivity index (χ0n) is 11.7. The summed E-state index contributed by atoms with van der Waals surface area (Å²) in [4.78, 5) is 14.2. The molecule has 2 N–H and O–H groups in total. The second kappa shape index (κ2) is 6.08. The fraction of sp³-hybridized carbons (Fsp3) is 0.500. The lowest BCUT2D eigenvalue weighted by molar-refractivity contribution is -0.119. The number of halogens is 2. The Kier molecular flexibility index (Phi) is 4.62. The molecule has 0 radical (unpaired) electrons. The number of benzene rings is 1. The summed E-state index contributed by atoms with van der Waals surface area (Å²) in [7, 11) is 0. The Hall–Kier alpha value is -1.17. The Morgan fingerprint density at radius 2 is 2.30 bits per heavy atom. The van der Waals surface area contributed by atoms with E-state index in [1.807, 2.05) is 0 Å². The van der Waals surface area contributed by atoms with Crippen molar-refractivity contribution in [1.29, 1.82) is 0 Å². The van der Waals surface area contributed by atoms with Gasteiger partial charge in [0.1, 0.15) is 5.82 Å². The summed E-state index contributed by atoms with van der Waals surface area (Å²) in [6, 6.07) is 3.93. The second-order valence-electron chi connectivity index (χ2n) is 5.58. The molecule has 0 aromatic heterocycles. The third-order valence-corrected chi connectivity index (χ3v) is 3.82. The highest BCUT2D eigenvalue weighted by Gasteiger charge is 2.30. The largest absolute Gasteiger partial charge is 0.324 e. The first-order chi connectivity index (χ1) is 9.38. The summed E-state index contributed by atoms with van der Waals surface area (Å²) in [5, 5.41) is 6.24. The van der Waals surface area contributed by atoms with Gasteiger partial charge in [-0.3, -0.25) is 9.69 Å². The van der Waals surface area contributed by atoms with E-state index < -0.39 is 5.82 Å². The third-order valence-electron chi connectivity index (χ3n) is 3.51. The van der Waals surface area contributed by atoms with Crippen molar-refractivity contribution in [3.05, 3.63) is 29.0 Å². The topological polar surface area (TPSA) is 44.4 Å². The average molecular weight is 300 g/mol. The van der Waals surface area contributed by atoms with Crippen LogP contribution < -0.4 is 10.6 Å². The molecule has 1 heterocycles. The van der Waals surface area contributed by atoms with Crippen LogP contribution in [0.3, 0.4) is 0 Å². The molecule has 1 aliphatic rings. The Labute approximate surface area is 123 Å². The maximum Gasteiger partial charge on any atom is 0.238 e. The van der Waals surface area contributed by atoms with Crippen LogP contribution in [0.15, 0.2) is 18.2 Å². The van der Waals surface area contributed by atoms with E-state index in [0.717, 1.165) is 19.6 Å². The number of piperazine rings is 1. The van der Waals surface area contributed by atoms with Gasteiger partial charge in [-0.15, -0.1) is 0 Å². The molecule has 1 aromatic rings. The van der Waals surface area contributed by atoms with Crippen molar-refractivity contribution in [1.82, 2.24) is 10.2 Å². The summed E-state index contributed by atoms with van der Waals surface area (Å²) in [5.41, 5.74) is 0.369. The molecule has 0 bridgehead atoms. The van der Waals surface area contributed by atoms with Gasteiger partial charge >= 0.3 is 0 Å². The van der Waals surface area contributed by atoms with E-state index in [2.05, 4.69) is 29.4 Å². The minimum atomic E-state index is -0.420. The Balaban J connectivity index is 1.98. The highest BCUT2D eigenvalue weighted by molar-refractivity contribution is 6.33. The predicted octanol–water partition coefficient (Wildman–Crippen LogP) is 2.10. The number of nitrogens with one attached hydrogen (secondary N) is 2. The monoisotopic (exact) mass is 299 g/mol. The van der Waals surface area contributed by atoms with Crippen LogP contribution in [-0.2, 0) is 4.79 Å². The number of carbonyl (C=O) groups is 1. The van der Waals surface area contributed by atoms with Crippen molar-refractivity contribution in [2.45, 2.75) is 19.4 Å². The van der Waals surface area contributed by atoms with Crippen molar-refractivity contribution in [3.8, 4) is 0 Å².